The van der Waals surface area contributed by atoms with Gasteiger partial charge < -0.3 is 19.4 Å². The Kier molecular flexibility index (Phi) is 54.3. The lowest BCUT2D eigenvalue weighted by Gasteiger charge is -2.27. The van der Waals surface area contributed by atoms with E-state index in [-0.39, 0.29) is 25.1 Å². The second-order valence-electron chi connectivity index (χ2n) is 22.9. The van der Waals surface area contributed by atoms with Crippen LogP contribution in [0.5, 0.6) is 0 Å². The molecule has 0 radical (unpaired) electrons. The summed E-state index contributed by atoms with van der Waals surface area (Å²) >= 11 is 0. The first-order valence-electron chi connectivity index (χ1n) is 32.1. The summed E-state index contributed by atoms with van der Waals surface area (Å²) in [5.41, 5.74) is 0. The zero-order chi connectivity index (χ0) is 55.7. The fraction of sp³-hybridized carbons (Fsp3) is 0.818. The van der Waals surface area contributed by atoms with E-state index in [0.717, 1.165) is 89.9 Å². The summed E-state index contributed by atoms with van der Waals surface area (Å²) in [6.07, 6.45) is 70.7. The van der Waals surface area contributed by atoms with Gasteiger partial charge in [0, 0.05) is 12.8 Å². The second kappa shape index (κ2) is 56.0. The molecule has 3 unspecified atom stereocenters. The predicted octanol–water partition coefficient (Wildman–Crippen LogP) is 19.8. The first-order valence-corrected chi connectivity index (χ1v) is 33.6. The Morgan fingerprint density at radius 1 is 0.461 bits per heavy atom. The van der Waals surface area contributed by atoms with Crippen LogP contribution in [0.1, 0.15) is 297 Å². The van der Waals surface area contributed by atoms with Gasteiger partial charge in [-0.25, -0.2) is 4.57 Å². The van der Waals surface area contributed by atoms with Crippen LogP contribution in [0, 0.1) is 0 Å². The van der Waals surface area contributed by atoms with Crippen LogP contribution in [-0.2, 0) is 27.9 Å². The number of carbonyl (C=O) groups is 2. The molecule has 10 heteroatoms. The zero-order valence-corrected chi connectivity index (χ0v) is 51.6. The van der Waals surface area contributed by atoms with Crippen molar-refractivity contribution in [3.63, 3.8) is 0 Å². The molecule has 2 N–H and O–H groups in total. The summed E-state index contributed by atoms with van der Waals surface area (Å²) in [6.45, 7) is 7.00. The fourth-order valence-electron chi connectivity index (χ4n) is 9.22. The van der Waals surface area contributed by atoms with Crippen molar-refractivity contribution >= 4 is 19.7 Å². The number of ether oxygens (including phenoxy) is 1. The van der Waals surface area contributed by atoms with E-state index in [1.165, 1.54) is 173 Å². The first-order chi connectivity index (χ1) is 36.9. The van der Waals surface area contributed by atoms with Crippen molar-refractivity contribution < 1.29 is 37.3 Å². The van der Waals surface area contributed by atoms with Gasteiger partial charge in [0.05, 0.1) is 33.8 Å². The van der Waals surface area contributed by atoms with E-state index in [4.69, 9.17) is 13.8 Å². The summed E-state index contributed by atoms with van der Waals surface area (Å²) in [5, 5.41) is 3.06. The van der Waals surface area contributed by atoms with Crippen molar-refractivity contribution in [3.05, 3.63) is 60.8 Å². The number of hydrogen-bond acceptors (Lipinski definition) is 6. The molecular formula is C66H124N2O7P+. The minimum atomic E-state index is -4.45. The third-order valence-electron chi connectivity index (χ3n) is 14.2. The number of likely N-dealkylation sites (N-methyl/N-ethyl adjacent to an activating group) is 1. The average molecular weight is 1090 g/mol. The largest absolute Gasteiger partial charge is 0.472 e. The molecule has 0 aromatic carbocycles. The van der Waals surface area contributed by atoms with Crippen LogP contribution in [-0.4, -0.2) is 74.3 Å². The molecule has 0 aliphatic heterocycles. The lowest BCUT2D eigenvalue weighted by atomic mass is 10.0. The highest BCUT2D eigenvalue weighted by Crippen LogP contribution is 2.43. The zero-order valence-electron chi connectivity index (χ0n) is 50.7. The van der Waals surface area contributed by atoms with Crippen molar-refractivity contribution in [2.75, 3.05) is 40.9 Å². The van der Waals surface area contributed by atoms with E-state index in [2.05, 4.69) is 74.7 Å². The van der Waals surface area contributed by atoms with E-state index in [0.29, 0.717) is 23.9 Å². The number of nitrogens with zero attached hydrogens (tertiary/aromatic N) is 1. The molecule has 0 aromatic heterocycles. The highest BCUT2D eigenvalue weighted by Gasteiger charge is 2.30. The van der Waals surface area contributed by atoms with Crippen LogP contribution < -0.4 is 5.32 Å². The highest BCUT2D eigenvalue weighted by molar-refractivity contribution is 7.47. The van der Waals surface area contributed by atoms with Crippen molar-refractivity contribution in [2.24, 2.45) is 0 Å². The van der Waals surface area contributed by atoms with Crippen LogP contribution in [0.15, 0.2) is 60.8 Å². The van der Waals surface area contributed by atoms with Crippen LogP contribution in [0.4, 0.5) is 0 Å². The van der Waals surface area contributed by atoms with Gasteiger partial charge in [-0.15, -0.1) is 0 Å². The topological polar surface area (TPSA) is 111 Å². The summed E-state index contributed by atoms with van der Waals surface area (Å²) < 4.78 is 30.7. The number of nitrogens with one attached hydrogen (secondary N) is 1. The Morgan fingerprint density at radius 3 is 1.22 bits per heavy atom. The van der Waals surface area contributed by atoms with Gasteiger partial charge in [-0.2, -0.15) is 0 Å². The predicted molar refractivity (Wildman–Crippen MR) is 328 cm³/mol. The molecule has 76 heavy (non-hydrogen) atoms. The lowest BCUT2D eigenvalue weighted by molar-refractivity contribution is -0.870. The molecule has 0 spiro atoms. The van der Waals surface area contributed by atoms with Gasteiger partial charge in [0.1, 0.15) is 19.3 Å². The van der Waals surface area contributed by atoms with Gasteiger partial charge in [0.2, 0.25) is 5.91 Å². The molecule has 0 aromatic rings. The van der Waals surface area contributed by atoms with Crippen molar-refractivity contribution in [1.29, 1.82) is 0 Å². The molecule has 3 atom stereocenters. The molecule has 0 aliphatic rings. The number of rotatable bonds is 58. The van der Waals surface area contributed by atoms with Crippen LogP contribution >= 0.6 is 7.82 Å². The van der Waals surface area contributed by atoms with E-state index >= 15 is 0 Å². The average Bonchev–Trinajstić information content (AvgIpc) is 3.38. The maximum atomic E-state index is 13.6. The number of unbranched alkanes of at least 4 members (excludes halogenated alkanes) is 34. The van der Waals surface area contributed by atoms with Gasteiger partial charge >= 0.3 is 13.8 Å². The molecule has 444 valence electrons. The quantitative estimate of drug-likeness (QED) is 0.0205. The Hall–Kier alpha value is -2.29. The highest BCUT2D eigenvalue weighted by atomic mass is 31.2. The van der Waals surface area contributed by atoms with Gasteiger partial charge in [0.25, 0.3) is 0 Å². The number of esters is 1. The fourth-order valence-corrected chi connectivity index (χ4v) is 9.95. The first kappa shape index (κ1) is 73.7. The smallest absolute Gasteiger partial charge is 0.456 e. The maximum Gasteiger partial charge on any atom is 0.472 e. The van der Waals surface area contributed by atoms with E-state index in [9.17, 15) is 19.0 Å². The molecule has 0 saturated heterocycles. The third kappa shape index (κ3) is 56.4. The molecule has 0 rings (SSSR count). The molecule has 0 saturated carbocycles. The summed E-state index contributed by atoms with van der Waals surface area (Å²) in [5.74, 6) is -0.508. The van der Waals surface area contributed by atoms with Crippen LogP contribution in [0.25, 0.3) is 0 Å². The Labute approximate surface area is 471 Å². The standard InChI is InChI=1S/C66H123N2O7P/c1-7-10-13-16-19-22-25-28-30-31-32-33-34-35-36-37-38-40-43-46-49-52-55-58-65(69)67-63(62-74-76(71,72)73-61-60-68(4,5)6)64(57-54-51-48-45-42-39-27-24-21-18-15-12-9-3)75-66(70)59-56-53-50-47-44-41-29-26-23-20-17-14-11-8-2/h19,22,28,30,32-33,35-36,54,57,63-64H,7-18,20-21,23-27,29,31,34,37-53,55-56,58-62H2,1-6H3,(H-,67,69,71,72)/p+1/b22-19-,30-28-,33-32-,36-35-,57-54-. The number of amides is 1. The van der Waals surface area contributed by atoms with Crippen molar-refractivity contribution in [3.8, 4) is 0 Å². The van der Waals surface area contributed by atoms with E-state index < -0.39 is 20.0 Å². The number of phosphoric acid groups is 1. The third-order valence-corrected chi connectivity index (χ3v) is 15.2. The van der Waals surface area contributed by atoms with Crippen molar-refractivity contribution in [1.82, 2.24) is 5.32 Å². The minimum absolute atomic E-state index is 0.0379. The van der Waals surface area contributed by atoms with Crippen molar-refractivity contribution in [2.45, 2.75) is 309 Å². The SMILES string of the molecule is CCCCC/C=C\C/C=C\C/C=C\C/C=C\CCCCCCCCCC(=O)NC(COP(=O)(O)OCC[N+](C)(C)C)C(/C=C\CCCCCCCCCCCCC)OC(=O)CCCCCCCCCCCCCCCC. The number of quaternary nitrogens is 1. The van der Waals surface area contributed by atoms with Gasteiger partial charge in [-0.05, 0) is 76.7 Å². The Bertz CT molecular complexity index is 1490. The summed E-state index contributed by atoms with van der Waals surface area (Å²) in [4.78, 5) is 37.7. The number of allylic oxidation sites excluding steroid dienone is 9. The lowest BCUT2D eigenvalue weighted by Crippen LogP contribution is -2.47. The monoisotopic (exact) mass is 1090 g/mol. The normalized spacial score (nSPS) is 14.0. The Morgan fingerprint density at radius 2 is 0.803 bits per heavy atom. The van der Waals surface area contributed by atoms with Crippen LogP contribution in [0.3, 0.4) is 0 Å². The number of carbonyl (C=O) groups excluding carboxylic acids is 2. The summed E-state index contributed by atoms with van der Waals surface area (Å²) in [6, 6.07) is -0.853. The molecule has 0 fully saturated rings. The molecular weight excluding hydrogens is 964 g/mol. The molecule has 0 heterocycles. The van der Waals surface area contributed by atoms with Gasteiger partial charge in [-0.1, -0.05) is 268 Å². The summed E-state index contributed by atoms with van der Waals surface area (Å²) in [7, 11) is 1.49. The molecule has 0 aliphatic carbocycles. The number of phosphoric ester groups is 1. The molecule has 9 nitrogen and oxygen atoms in total. The Balaban J connectivity index is 5.22. The molecule has 1 amide bonds. The second-order valence-corrected chi connectivity index (χ2v) is 24.4. The maximum absolute atomic E-state index is 13.6. The van der Waals surface area contributed by atoms with E-state index in [1.807, 2.05) is 33.3 Å². The van der Waals surface area contributed by atoms with Gasteiger partial charge in [0.15, 0.2) is 0 Å². The molecule has 0 bridgehead atoms. The van der Waals surface area contributed by atoms with E-state index in [1.54, 1.807) is 0 Å². The number of hydrogen-bond donors (Lipinski definition) is 2. The minimum Gasteiger partial charge on any atom is -0.456 e. The van der Waals surface area contributed by atoms with Crippen LogP contribution in [0.2, 0.25) is 0 Å². The van der Waals surface area contributed by atoms with Gasteiger partial charge in [-0.3, -0.25) is 18.6 Å².